The first-order valence-corrected chi connectivity index (χ1v) is 14.0. The van der Waals surface area contributed by atoms with Gasteiger partial charge in [0.15, 0.2) is 0 Å². The molecule has 84 valence electrons. The van der Waals surface area contributed by atoms with Crippen molar-refractivity contribution in [3.05, 3.63) is 35.9 Å². The predicted molar refractivity (Wildman–Crippen MR) is 57.8 cm³/mol. The Balaban J connectivity index is 2.23. The van der Waals surface area contributed by atoms with Gasteiger partial charge in [-0.15, -0.1) is 0 Å². The average molecular weight is 605 g/mol. The molecule has 4 heteroatoms. The van der Waals surface area contributed by atoms with Crippen LogP contribution in [0.15, 0.2) is 30.3 Å². The van der Waals surface area contributed by atoms with Gasteiger partial charge >= 0.3 is 136 Å². The van der Waals surface area contributed by atoms with Crippen molar-refractivity contribution >= 4 is 0 Å². The summed E-state index contributed by atoms with van der Waals surface area (Å²) in [5.41, 5.74) is 0.426. The van der Waals surface area contributed by atoms with E-state index < -0.39 is 5.60 Å². The molecule has 0 bridgehead atoms. The van der Waals surface area contributed by atoms with E-state index in [1.807, 2.05) is 18.2 Å². The van der Waals surface area contributed by atoms with E-state index in [4.69, 9.17) is 4.74 Å². The van der Waals surface area contributed by atoms with Crippen LogP contribution in [0.3, 0.4) is 0 Å². The van der Waals surface area contributed by atoms with Gasteiger partial charge in [0.1, 0.15) is 0 Å². The molecule has 2 atom stereocenters. The third-order valence-corrected chi connectivity index (χ3v) is 8.48. The topological polar surface area (TPSA) is 29.5 Å². The molecule has 1 aromatic carbocycles. The Morgan fingerprint density at radius 3 is 2.12 bits per heavy atom. The van der Waals surface area contributed by atoms with Gasteiger partial charge in [-0.05, 0) is 0 Å². The van der Waals surface area contributed by atoms with Gasteiger partial charge in [-0.25, -0.2) is 0 Å². The van der Waals surface area contributed by atoms with E-state index in [1.165, 1.54) is 7.86 Å². The second-order valence-corrected chi connectivity index (χ2v) is 9.25. The molecule has 0 radical (unpaired) electrons. The van der Waals surface area contributed by atoms with Gasteiger partial charge in [0.05, 0.1) is 0 Å². The van der Waals surface area contributed by atoms with E-state index in [1.54, 1.807) is 0 Å². The fourth-order valence-electron chi connectivity index (χ4n) is 2.53. The summed E-state index contributed by atoms with van der Waals surface area (Å²) in [6.07, 6.45) is 2.16. The summed E-state index contributed by atoms with van der Waals surface area (Å²) in [5.74, 6) is 0. The Kier molecular flexibility index (Phi) is 5.47. The van der Waals surface area contributed by atoms with Crippen LogP contribution in [0.25, 0.3) is 0 Å². The first-order valence-electron chi connectivity index (χ1n) is 6.20. The predicted octanol–water partition coefficient (Wildman–Crippen LogP) is 2.35. The second kappa shape index (κ2) is 6.44. The zero-order valence-electron chi connectivity index (χ0n) is 10.1. The van der Waals surface area contributed by atoms with Crippen LogP contribution in [-0.4, -0.2) is 17.3 Å². The Morgan fingerprint density at radius 2 is 1.65 bits per heavy atom. The Hall–Kier alpha value is 1.01. The summed E-state index contributed by atoms with van der Waals surface area (Å²) in [7, 11) is 0. The van der Waals surface area contributed by atoms with E-state index in [-0.39, 0.29) is 0 Å². The van der Waals surface area contributed by atoms with Crippen LogP contribution >= 0.6 is 0 Å². The van der Waals surface area contributed by atoms with Crippen LogP contribution in [0, 0.1) is 0 Å². The van der Waals surface area contributed by atoms with Crippen LogP contribution in [0.1, 0.15) is 18.4 Å². The molecule has 2 nitrogen and oxygen atoms in total. The number of hydrogen-bond donors (Lipinski definition) is 1. The molecule has 1 heterocycles. The second-order valence-electron chi connectivity index (χ2n) is 4.76. The van der Waals surface area contributed by atoms with Crippen molar-refractivity contribution in [2.24, 2.45) is 0 Å². The third-order valence-electron chi connectivity index (χ3n) is 3.47. The quantitative estimate of drug-likeness (QED) is 0.537. The summed E-state index contributed by atoms with van der Waals surface area (Å²) in [5, 5.41) is 10.9. The van der Waals surface area contributed by atoms with Gasteiger partial charge < -0.3 is 0 Å². The molecule has 17 heavy (non-hydrogen) atoms. The number of aliphatic hydroxyl groups is 1. The molecule has 1 N–H and O–H groups in total. The standard InChI is InChI=1S/C13H16O2.2Hg/c1-10-8-13(14,9-11(2)15-10)12-6-4-3-5-7-12;;/h3-7,10-11,14H,1-2,8-9H2;;. The van der Waals surface area contributed by atoms with E-state index in [2.05, 4.69) is 12.1 Å². The number of benzene rings is 1. The van der Waals surface area contributed by atoms with Crippen LogP contribution in [0.2, 0.25) is 7.86 Å². The zero-order chi connectivity index (χ0) is 12.3. The van der Waals surface area contributed by atoms with Crippen molar-refractivity contribution in [3.63, 3.8) is 0 Å². The van der Waals surface area contributed by atoms with Gasteiger partial charge in [0, 0.05) is 0 Å². The molecule has 0 aliphatic carbocycles. The van der Waals surface area contributed by atoms with E-state index in [0.29, 0.717) is 12.2 Å². The molecule has 1 aliphatic heterocycles. The summed E-state index contributed by atoms with van der Waals surface area (Å²) in [4.78, 5) is 0. The molecule has 0 saturated carbocycles. The normalized spacial score (nSPS) is 33.7. The summed E-state index contributed by atoms with van der Waals surface area (Å²) < 4.78 is 8.40. The van der Waals surface area contributed by atoms with Crippen molar-refractivity contribution in [2.45, 2.75) is 38.5 Å². The van der Waals surface area contributed by atoms with Crippen LogP contribution in [0.4, 0.5) is 0 Å². The molecule has 1 fully saturated rings. The summed E-state index contributed by atoms with van der Waals surface area (Å²) in [6.45, 7) is 0. The molecular weight excluding hydrogens is 589 g/mol. The van der Waals surface area contributed by atoms with Crippen LogP contribution < -0.4 is 0 Å². The zero-order valence-corrected chi connectivity index (χ0v) is 21.1. The third kappa shape index (κ3) is 3.52. The van der Waals surface area contributed by atoms with Gasteiger partial charge in [0.25, 0.3) is 0 Å². The Labute approximate surface area is 135 Å². The van der Waals surface area contributed by atoms with Crippen molar-refractivity contribution in [2.75, 3.05) is 0 Å². The first-order chi connectivity index (χ1) is 8.18. The molecule has 0 aromatic heterocycles. The molecule has 0 spiro atoms. The molecule has 1 aromatic rings. The van der Waals surface area contributed by atoms with E-state index in [9.17, 15) is 5.11 Å². The molecule has 2 rings (SSSR count). The van der Waals surface area contributed by atoms with E-state index >= 15 is 0 Å². The van der Waals surface area contributed by atoms with Gasteiger partial charge in [-0.2, -0.15) is 0 Å². The van der Waals surface area contributed by atoms with E-state index in [0.717, 1.165) is 70.6 Å². The molecule has 1 aliphatic rings. The first kappa shape index (κ1) is 14.4. The van der Waals surface area contributed by atoms with Crippen molar-refractivity contribution in [1.29, 1.82) is 0 Å². The number of rotatable bonds is 3. The summed E-state index contributed by atoms with van der Waals surface area (Å²) in [6, 6.07) is 10.1. The molecule has 1 saturated heterocycles. The van der Waals surface area contributed by atoms with Crippen LogP contribution in [-0.2, 0) is 62.6 Å². The van der Waals surface area contributed by atoms with Crippen molar-refractivity contribution in [3.8, 4) is 0 Å². The van der Waals surface area contributed by atoms with Gasteiger partial charge in [-0.1, -0.05) is 0 Å². The molecular formula is C13H16Hg2O2. The molecule has 0 amide bonds. The number of ether oxygens (including phenoxy) is 1. The van der Waals surface area contributed by atoms with Crippen molar-refractivity contribution in [1.82, 2.24) is 0 Å². The summed E-state index contributed by atoms with van der Waals surface area (Å²) >= 11 is 1.50. The van der Waals surface area contributed by atoms with Crippen molar-refractivity contribution < 1.29 is 62.1 Å². The Bertz CT molecular complexity index is 344. The average Bonchev–Trinajstić information content (AvgIpc) is 2.39. The van der Waals surface area contributed by atoms with Crippen LogP contribution in [0.5, 0.6) is 0 Å². The minimum atomic E-state index is -0.645. The minimum absolute atomic E-state index is 0.297. The maximum absolute atomic E-state index is 10.9. The molecule has 2 unspecified atom stereocenters. The monoisotopic (exact) mass is 608 g/mol. The van der Waals surface area contributed by atoms with Gasteiger partial charge in [0.2, 0.25) is 0 Å². The Morgan fingerprint density at radius 1 is 1.12 bits per heavy atom. The fourth-order valence-corrected chi connectivity index (χ4v) is 5.17. The van der Waals surface area contributed by atoms with Gasteiger partial charge in [-0.3, -0.25) is 0 Å². The fraction of sp³-hybridized carbons (Fsp3) is 0.538. The maximum atomic E-state index is 10.9. The SMILES string of the molecule is OC1(c2ccccc2)CC([CH2][Hg])OC([CH2][Hg])C1. The number of hydrogen-bond acceptors (Lipinski definition) is 2.